The van der Waals surface area contributed by atoms with Crippen molar-refractivity contribution in [2.75, 3.05) is 6.54 Å². The molecule has 1 aliphatic heterocycles. The monoisotopic (exact) mass is 415 g/mol. The fourth-order valence-corrected chi connectivity index (χ4v) is 3.25. The number of carbonyl (C=O) groups is 1. The summed E-state index contributed by atoms with van der Waals surface area (Å²) in [5, 5.41) is 0. The van der Waals surface area contributed by atoms with E-state index in [2.05, 4.69) is 27.6 Å². The van der Waals surface area contributed by atoms with E-state index in [1.54, 1.807) is 9.47 Å². The van der Waals surface area contributed by atoms with Crippen molar-refractivity contribution in [1.82, 2.24) is 14.5 Å². The summed E-state index contributed by atoms with van der Waals surface area (Å²) in [6.07, 6.45) is -0.345. The number of hydrogen-bond donors (Lipinski definition) is 1. The first-order chi connectivity index (χ1) is 10.3. The summed E-state index contributed by atoms with van der Waals surface area (Å²) in [7, 11) is 0. The zero-order valence-corrected chi connectivity index (χ0v) is 14.9. The molecule has 1 N–H and O–H groups in total. The van der Waals surface area contributed by atoms with E-state index in [1.165, 1.54) is 0 Å². The Morgan fingerprint density at radius 2 is 2.05 bits per heavy atom. The van der Waals surface area contributed by atoms with Gasteiger partial charge in [0, 0.05) is 22.2 Å². The Morgan fingerprint density at radius 1 is 1.32 bits per heavy atom. The zero-order valence-electron chi connectivity index (χ0n) is 12.8. The first-order valence-electron chi connectivity index (χ1n) is 7.14. The first kappa shape index (κ1) is 15.4. The lowest BCUT2D eigenvalue weighted by molar-refractivity contribution is 0.0232. The van der Waals surface area contributed by atoms with E-state index in [0.29, 0.717) is 19.6 Å². The largest absolute Gasteiger partial charge is 0.444 e. The molecule has 0 saturated carbocycles. The number of hydrogen-bond acceptors (Lipinski definition) is 3. The summed E-state index contributed by atoms with van der Waals surface area (Å²) >= 11 is 2.24. The van der Waals surface area contributed by atoms with Gasteiger partial charge >= 0.3 is 11.8 Å². The highest BCUT2D eigenvalue weighted by Crippen LogP contribution is 2.26. The molecule has 3 rings (SSSR count). The summed E-state index contributed by atoms with van der Waals surface area (Å²) in [5.41, 5.74) is 2.02. The predicted octanol–water partition coefficient (Wildman–Crippen LogP) is 2.68. The van der Waals surface area contributed by atoms with Gasteiger partial charge in [0.2, 0.25) is 0 Å². The molecule has 1 aromatic heterocycles. The summed E-state index contributed by atoms with van der Waals surface area (Å²) < 4.78 is 8.20. The molecule has 6 nitrogen and oxygen atoms in total. The van der Waals surface area contributed by atoms with E-state index >= 15 is 0 Å². The maximum atomic E-state index is 12.4. The van der Waals surface area contributed by atoms with Crippen molar-refractivity contribution in [1.29, 1.82) is 0 Å². The number of halogens is 1. The number of aromatic amines is 1. The molecule has 0 aliphatic carbocycles. The van der Waals surface area contributed by atoms with E-state index in [-0.39, 0.29) is 11.8 Å². The Labute approximate surface area is 141 Å². The summed E-state index contributed by atoms with van der Waals surface area (Å²) in [6.45, 7) is 6.91. The predicted molar refractivity (Wildman–Crippen MR) is 91.9 cm³/mol. The molecule has 0 unspecified atom stereocenters. The van der Waals surface area contributed by atoms with Crippen LogP contribution in [0.2, 0.25) is 0 Å². The van der Waals surface area contributed by atoms with Gasteiger partial charge in [-0.1, -0.05) is 0 Å². The van der Waals surface area contributed by atoms with Crippen molar-refractivity contribution in [3.63, 3.8) is 0 Å². The topological polar surface area (TPSA) is 67.3 Å². The molecule has 2 heterocycles. The Balaban J connectivity index is 2.02. The molecule has 0 radical (unpaired) electrons. The molecule has 0 fully saturated rings. The maximum absolute atomic E-state index is 12.4. The van der Waals surface area contributed by atoms with Crippen LogP contribution < -0.4 is 5.69 Å². The van der Waals surface area contributed by atoms with Crippen LogP contribution in [-0.4, -0.2) is 32.7 Å². The molecular formula is C15H18IN3O3. The van der Waals surface area contributed by atoms with Crippen molar-refractivity contribution in [2.24, 2.45) is 0 Å². The number of carbonyl (C=O) groups excluding carboxylic acids is 1. The van der Waals surface area contributed by atoms with E-state index in [4.69, 9.17) is 4.74 Å². The van der Waals surface area contributed by atoms with Crippen molar-refractivity contribution >= 4 is 39.7 Å². The van der Waals surface area contributed by atoms with Gasteiger partial charge in [-0.25, -0.2) is 9.59 Å². The second-order valence-corrected chi connectivity index (χ2v) is 7.57. The van der Waals surface area contributed by atoms with Crippen LogP contribution in [0, 0.1) is 3.57 Å². The number of aromatic nitrogens is 2. The number of nitrogens with one attached hydrogen (secondary N) is 1. The van der Waals surface area contributed by atoms with E-state index < -0.39 is 5.60 Å². The van der Waals surface area contributed by atoms with Gasteiger partial charge in [0.05, 0.1) is 17.6 Å². The normalized spacial score (nSPS) is 15.0. The molecule has 0 spiro atoms. The van der Waals surface area contributed by atoms with Crippen molar-refractivity contribution in [2.45, 2.75) is 39.5 Å². The number of amides is 1. The molecule has 0 saturated heterocycles. The van der Waals surface area contributed by atoms with Gasteiger partial charge < -0.3 is 14.6 Å². The smallest absolute Gasteiger partial charge is 0.410 e. The van der Waals surface area contributed by atoms with Crippen molar-refractivity contribution in [3.8, 4) is 0 Å². The number of benzene rings is 1. The van der Waals surface area contributed by atoms with Gasteiger partial charge in [-0.2, -0.15) is 0 Å². The molecule has 1 aromatic carbocycles. The Kier molecular flexibility index (Phi) is 3.70. The molecule has 0 atom stereocenters. The number of H-pyrrole nitrogens is 1. The Morgan fingerprint density at radius 3 is 2.73 bits per heavy atom. The summed E-state index contributed by atoms with van der Waals surface area (Å²) in [4.78, 5) is 29.0. The summed E-state index contributed by atoms with van der Waals surface area (Å²) in [6, 6.07) is 3.86. The third-order valence-electron chi connectivity index (χ3n) is 3.58. The fraction of sp³-hybridized carbons (Fsp3) is 0.467. The van der Waals surface area contributed by atoms with Gasteiger partial charge in [0.15, 0.2) is 0 Å². The highest BCUT2D eigenvalue weighted by atomic mass is 127. The molecule has 2 aromatic rings. The molecular weight excluding hydrogens is 397 g/mol. The van der Waals surface area contributed by atoms with E-state index in [0.717, 1.165) is 20.2 Å². The van der Waals surface area contributed by atoms with Gasteiger partial charge in [0.1, 0.15) is 5.60 Å². The third kappa shape index (κ3) is 2.73. The number of nitrogens with zero attached hydrogens (tertiary/aromatic N) is 2. The van der Waals surface area contributed by atoms with Crippen LogP contribution in [0.4, 0.5) is 4.79 Å². The molecule has 118 valence electrons. The zero-order chi connectivity index (χ0) is 16.1. The lowest BCUT2D eigenvalue weighted by atomic mass is 10.1. The van der Waals surface area contributed by atoms with Crippen LogP contribution in [0.5, 0.6) is 0 Å². The quantitative estimate of drug-likeness (QED) is 0.673. The first-order valence-corrected chi connectivity index (χ1v) is 8.22. The molecule has 1 aliphatic rings. The SMILES string of the molecule is CC(C)(C)OC(=O)N1CCn2c(=O)[nH]c3ccc(I)c(c32)C1. The van der Waals surface area contributed by atoms with Gasteiger partial charge in [-0.3, -0.25) is 4.57 Å². The Hall–Kier alpha value is -1.51. The van der Waals surface area contributed by atoms with Crippen LogP contribution in [0.15, 0.2) is 16.9 Å². The minimum Gasteiger partial charge on any atom is -0.444 e. The van der Waals surface area contributed by atoms with Crippen LogP contribution in [-0.2, 0) is 17.8 Å². The average Bonchev–Trinajstić information content (AvgIpc) is 2.60. The lowest BCUT2D eigenvalue weighted by Gasteiger charge is -2.26. The fourth-order valence-electron chi connectivity index (χ4n) is 2.64. The number of imidazole rings is 1. The van der Waals surface area contributed by atoms with Crippen LogP contribution in [0.3, 0.4) is 0 Å². The van der Waals surface area contributed by atoms with Crippen molar-refractivity contribution < 1.29 is 9.53 Å². The molecule has 0 bridgehead atoms. The second kappa shape index (κ2) is 5.29. The molecule has 1 amide bonds. The molecule has 7 heteroatoms. The number of ether oxygens (including phenoxy) is 1. The summed E-state index contributed by atoms with van der Waals surface area (Å²) in [5.74, 6) is 0. The molecule has 22 heavy (non-hydrogen) atoms. The average molecular weight is 415 g/mol. The highest BCUT2D eigenvalue weighted by molar-refractivity contribution is 14.1. The number of rotatable bonds is 0. The minimum atomic E-state index is -0.532. The third-order valence-corrected chi connectivity index (χ3v) is 4.59. The van der Waals surface area contributed by atoms with Crippen LogP contribution >= 0.6 is 22.6 Å². The minimum absolute atomic E-state index is 0.135. The van der Waals surface area contributed by atoms with Gasteiger partial charge in [-0.15, -0.1) is 0 Å². The van der Waals surface area contributed by atoms with E-state index in [9.17, 15) is 9.59 Å². The maximum Gasteiger partial charge on any atom is 0.410 e. The van der Waals surface area contributed by atoms with E-state index in [1.807, 2.05) is 32.9 Å². The lowest BCUT2D eigenvalue weighted by Crippen LogP contribution is -2.38. The van der Waals surface area contributed by atoms with Gasteiger partial charge in [0.25, 0.3) is 0 Å². The van der Waals surface area contributed by atoms with Crippen molar-refractivity contribution in [3.05, 3.63) is 31.8 Å². The van der Waals surface area contributed by atoms with Crippen LogP contribution in [0.1, 0.15) is 26.3 Å². The van der Waals surface area contributed by atoms with Crippen LogP contribution in [0.25, 0.3) is 11.0 Å². The standard InChI is InChI=1S/C15H18IN3O3/c1-15(2,3)22-14(21)18-6-7-19-12-9(8-18)10(16)4-5-11(12)17-13(19)20/h4-5H,6-8H2,1-3H3,(H,17,20). The Bertz CT molecular complexity index is 801. The second-order valence-electron chi connectivity index (χ2n) is 6.41. The highest BCUT2D eigenvalue weighted by Gasteiger charge is 2.27. The van der Waals surface area contributed by atoms with Gasteiger partial charge in [-0.05, 0) is 55.5 Å².